The van der Waals surface area contributed by atoms with E-state index in [0.717, 1.165) is 18.5 Å². The number of unbranched alkanes of at least 4 members (excludes halogenated alkanes) is 1. The van der Waals surface area contributed by atoms with E-state index >= 15 is 0 Å². The highest BCUT2D eigenvalue weighted by atomic mass is 35.5. The van der Waals surface area contributed by atoms with Crippen molar-refractivity contribution in [2.24, 2.45) is 0 Å². The molecule has 0 aliphatic rings. The van der Waals surface area contributed by atoms with Crippen molar-refractivity contribution in [1.82, 2.24) is 9.78 Å². The molecule has 0 aliphatic heterocycles. The molecular weight excluding hydrogens is 396 g/mol. The summed E-state index contributed by atoms with van der Waals surface area (Å²) in [7, 11) is 0. The maximum atomic E-state index is 12.1. The number of phenolic OH excluding ortho intramolecular Hbond substituents is 1. The van der Waals surface area contributed by atoms with Gasteiger partial charge >= 0.3 is 11.6 Å². The van der Waals surface area contributed by atoms with Crippen LogP contribution in [0.3, 0.4) is 0 Å². The van der Waals surface area contributed by atoms with E-state index < -0.39 is 11.6 Å². The van der Waals surface area contributed by atoms with Crippen LogP contribution in [0.1, 0.15) is 36.6 Å². The van der Waals surface area contributed by atoms with E-state index in [1.54, 1.807) is 16.8 Å². The number of phenols is 1. The molecule has 0 aliphatic carbocycles. The van der Waals surface area contributed by atoms with E-state index in [1.165, 1.54) is 24.3 Å². The molecule has 1 aromatic carbocycles. The number of carbonyl (C=O) groups excluding carboxylic acids is 1. The molecule has 0 amide bonds. The van der Waals surface area contributed by atoms with Crippen molar-refractivity contribution in [2.45, 2.75) is 39.8 Å². The van der Waals surface area contributed by atoms with Crippen molar-refractivity contribution in [2.75, 3.05) is 0 Å². The number of hydrogen-bond donors (Lipinski definition) is 1. The summed E-state index contributed by atoms with van der Waals surface area (Å²) in [5, 5.41) is 15.0. The number of ether oxygens (including phenoxy) is 1. The van der Waals surface area contributed by atoms with E-state index in [9.17, 15) is 14.7 Å². The lowest BCUT2D eigenvalue weighted by molar-refractivity contribution is -0.138. The fourth-order valence-electron chi connectivity index (χ4n) is 2.90. The van der Waals surface area contributed by atoms with Gasteiger partial charge in [-0.25, -0.2) is 9.59 Å². The molecule has 0 radical (unpaired) electrons. The number of benzene rings is 1. The van der Waals surface area contributed by atoms with Gasteiger partial charge in [0, 0.05) is 41.3 Å². The first kappa shape index (κ1) is 20.7. The van der Waals surface area contributed by atoms with E-state index in [1.807, 2.05) is 6.92 Å². The Labute approximate surface area is 172 Å². The molecule has 152 valence electrons. The van der Waals surface area contributed by atoms with Crippen molar-refractivity contribution in [3.8, 4) is 5.75 Å². The topological polar surface area (TPSA) is 94.6 Å². The van der Waals surface area contributed by atoms with Crippen molar-refractivity contribution in [3.63, 3.8) is 0 Å². The molecule has 29 heavy (non-hydrogen) atoms. The van der Waals surface area contributed by atoms with Crippen LogP contribution in [0.5, 0.6) is 5.75 Å². The zero-order chi connectivity index (χ0) is 21.0. The highest BCUT2D eigenvalue weighted by Gasteiger charge is 2.12. The first-order chi connectivity index (χ1) is 13.9. The predicted octanol–water partition coefficient (Wildman–Crippen LogP) is 4.21. The number of esters is 1. The van der Waals surface area contributed by atoms with Crippen LogP contribution in [0.25, 0.3) is 17.0 Å². The standard InChI is InChI=1S/C21H21ClN2O5/c1-3-4-9-24-21(22)16(13(2)23-24)7-8-19(26)28-12-14-10-20(27)29-18-11-15(25)5-6-17(14)18/h5-8,10-11,25H,3-4,9,12H2,1-2H3/b8-7+. The van der Waals surface area contributed by atoms with Crippen molar-refractivity contribution >= 4 is 34.6 Å². The Bertz CT molecular complexity index is 1130. The molecular formula is C21H21ClN2O5. The van der Waals surface area contributed by atoms with E-state index in [2.05, 4.69) is 12.0 Å². The number of aromatic nitrogens is 2. The maximum absolute atomic E-state index is 12.1. The molecule has 1 N–H and O–H groups in total. The van der Waals surface area contributed by atoms with Crippen LogP contribution in [0.15, 0.2) is 39.6 Å². The molecule has 3 rings (SSSR count). The fourth-order valence-corrected chi connectivity index (χ4v) is 3.22. The largest absolute Gasteiger partial charge is 0.508 e. The summed E-state index contributed by atoms with van der Waals surface area (Å²) in [5.74, 6) is -0.605. The van der Waals surface area contributed by atoms with Crippen molar-refractivity contribution < 1.29 is 19.1 Å². The van der Waals surface area contributed by atoms with Gasteiger partial charge in [0.25, 0.3) is 0 Å². The molecule has 0 saturated carbocycles. The molecule has 2 aromatic heterocycles. The summed E-state index contributed by atoms with van der Waals surface area (Å²) in [5.41, 5.74) is 1.51. The van der Waals surface area contributed by atoms with Gasteiger partial charge in [0.15, 0.2) is 0 Å². The van der Waals surface area contributed by atoms with Crippen LogP contribution in [0.2, 0.25) is 5.15 Å². The first-order valence-corrected chi connectivity index (χ1v) is 9.60. The number of fused-ring (bicyclic) bond motifs is 1. The van der Waals surface area contributed by atoms with Crippen LogP contribution in [0.4, 0.5) is 0 Å². The van der Waals surface area contributed by atoms with Crippen molar-refractivity contribution in [1.29, 1.82) is 0 Å². The van der Waals surface area contributed by atoms with Gasteiger partial charge in [-0.1, -0.05) is 24.9 Å². The van der Waals surface area contributed by atoms with Gasteiger partial charge < -0.3 is 14.3 Å². The lowest BCUT2D eigenvalue weighted by atomic mass is 10.1. The highest BCUT2D eigenvalue weighted by molar-refractivity contribution is 6.31. The minimum atomic E-state index is -0.591. The Morgan fingerprint density at radius 1 is 1.38 bits per heavy atom. The first-order valence-electron chi connectivity index (χ1n) is 9.22. The van der Waals surface area contributed by atoms with E-state index in [0.29, 0.717) is 28.2 Å². The maximum Gasteiger partial charge on any atom is 0.336 e. The van der Waals surface area contributed by atoms with Crippen molar-refractivity contribution in [3.05, 3.63) is 62.7 Å². The Balaban J connectivity index is 1.72. The third kappa shape index (κ3) is 4.86. The number of nitrogens with zero attached hydrogens (tertiary/aromatic N) is 2. The monoisotopic (exact) mass is 416 g/mol. The zero-order valence-electron chi connectivity index (χ0n) is 16.1. The second-order valence-electron chi connectivity index (χ2n) is 6.58. The third-order valence-electron chi connectivity index (χ3n) is 4.40. The Morgan fingerprint density at radius 2 is 2.17 bits per heavy atom. The van der Waals surface area contributed by atoms with Gasteiger partial charge in [-0.3, -0.25) is 4.68 Å². The molecule has 0 unspecified atom stereocenters. The lowest BCUT2D eigenvalue weighted by Crippen LogP contribution is -2.05. The fraction of sp³-hybridized carbons (Fsp3) is 0.286. The summed E-state index contributed by atoms with van der Waals surface area (Å²) in [4.78, 5) is 23.8. The third-order valence-corrected chi connectivity index (χ3v) is 4.80. The molecule has 0 spiro atoms. The predicted molar refractivity (Wildman–Crippen MR) is 110 cm³/mol. The highest BCUT2D eigenvalue weighted by Crippen LogP contribution is 2.23. The van der Waals surface area contributed by atoms with Gasteiger partial charge in [-0.05, 0) is 31.6 Å². The summed E-state index contributed by atoms with van der Waals surface area (Å²) in [6, 6.07) is 5.66. The van der Waals surface area contributed by atoms with Crippen LogP contribution >= 0.6 is 11.6 Å². The minimum Gasteiger partial charge on any atom is -0.508 e. The second-order valence-corrected chi connectivity index (χ2v) is 6.94. The summed E-state index contributed by atoms with van der Waals surface area (Å²) in [6.45, 7) is 4.51. The number of halogens is 1. The number of aryl methyl sites for hydroxylation is 2. The molecule has 0 atom stereocenters. The molecule has 2 heterocycles. The molecule has 0 saturated heterocycles. The average Bonchev–Trinajstić information content (AvgIpc) is 2.95. The van der Waals surface area contributed by atoms with Crippen LogP contribution in [0, 0.1) is 6.92 Å². The Kier molecular flexibility index (Phi) is 6.39. The minimum absolute atomic E-state index is 0.0236. The van der Waals surface area contributed by atoms with Gasteiger partial charge in [-0.2, -0.15) is 5.10 Å². The molecule has 3 aromatic rings. The van der Waals surface area contributed by atoms with Gasteiger partial charge in [0.2, 0.25) is 0 Å². The van der Waals surface area contributed by atoms with Gasteiger partial charge in [0.1, 0.15) is 23.1 Å². The smallest absolute Gasteiger partial charge is 0.336 e. The van der Waals surface area contributed by atoms with Crippen LogP contribution in [-0.4, -0.2) is 20.9 Å². The Hall–Kier alpha value is -3.06. The van der Waals surface area contributed by atoms with Gasteiger partial charge in [0.05, 0.1) is 5.69 Å². The van der Waals surface area contributed by atoms with E-state index in [-0.39, 0.29) is 17.9 Å². The average molecular weight is 417 g/mol. The van der Waals surface area contributed by atoms with E-state index in [4.69, 9.17) is 20.8 Å². The molecule has 7 nitrogen and oxygen atoms in total. The van der Waals surface area contributed by atoms with Gasteiger partial charge in [-0.15, -0.1) is 0 Å². The Morgan fingerprint density at radius 3 is 2.93 bits per heavy atom. The van der Waals surface area contributed by atoms with Crippen LogP contribution < -0.4 is 5.63 Å². The summed E-state index contributed by atoms with van der Waals surface area (Å²) < 4.78 is 12.0. The second kappa shape index (κ2) is 8.96. The number of hydrogen-bond acceptors (Lipinski definition) is 6. The summed E-state index contributed by atoms with van der Waals surface area (Å²) in [6.07, 6.45) is 4.84. The lowest BCUT2D eigenvalue weighted by Gasteiger charge is -2.06. The zero-order valence-corrected chi connectivity index (χ0v) is 16.9. The SMILES string of the molecule is CCCCn1nc(C)c(/C=C/C(=O)OCc2cc(=O)oc3cc(O)ccc23)c1Cl. The number of aromatic hydroxyl groups is 1. The number of carbonyl (C=O) groups is 1. The molecule has 8 heteroatoms. The molecule has 0 bridgehead atoms. The summed E-state index contributed by atoms with van der Waals surface area (Å²) >= 11 is 6.35. The normalized spacial score (nSPS) is 11.4. The molecule has 0 fully saturated rings. The van der Waals surface area contributed by atoms with Crippen LogP contribution in [-0.2, 0) is 22.7 Å². The quantitative estimate of drug-likeness (QED) is 0.352. The number of rotatable bonds is 7.